The Morgan fingerprint density at radius 2 is 2.00 bits per heavy atom. The predicted octanol–water partition coefficient (Wildman–Crippen LogP) is 5.74. The van der Waals surface area contributed by atoms with Crippen molar-refractivity contribution in [3.05, 3.63) is 75.3 Å². The molecule has 4 aromatic rings. The average Bonchev–Trinajstić information content (AvgIpc) is 3.42. The molecule has 3 heterocycles. The third-order valence-corrected chi connectivity index (χ3v) is 5.94. The van der Waals surface area contributed by atoms with Gasteiger partial charge in [-0.3, -0.25) is 4.57 Å². The number of benzene rings is 1. The molecule has 27 heavy (non-hydrogen) atoms. The van der Waals surface area contributed by atoms with Crippen LogP contribution in [0.5, 0.6) is 0 Å². The molecule has 1 aromatic carbocycles. The van der Waals surface area contributed by atoms with E-state index < -0.39 is 0 Å². The second kappa shape index (κ2) is 7.31. The van der Waals surface area contributed by atoms with Crippen LogP contribution in [-0.4, -0.2) is 14.5 Å². The fourth-order valence-electron chi connectivity index (χ4n) is 2.99. The van der Waals surface area contributed by atoms with E-state index in [0.29, 0.717) is 5.57 Å². The molecule has 0 radical (unpaired) electrons. The second-order valence-corrected chi connectivity index (χ2v) is 7.78. The molecule has 4 rings (SSSR count). The largest absolute Gasteiger partial charge is 0.294 e. The molecule has 0 bridgehead atoms. The van der Waals surface area contributed by atoms with Crippen LogP contribution < -0.4 is 0 Å². The summed E-state index contributed by atoms with van der Waals surface area (Å²) in [4.78, 5) is 9.07. The molecular formula is C21H16N4S2. The van der Waals surface area contributed by atoms with Crippen molar-refractivity contribution in [3.8, 4) is 22.5 Å². The van der Waals surface area contributed by atoms with Gasteiger partial charge in [-0.2, -0.15) is 5.26 Å². The first-order chi connectivity index (χ1) is 13.2. The highest BCUT2D eigenvalue weighted by atomic mass is 32.1. The Kier molecular flexibility index (Phi) is 4.71. The zero-order chi connectivity index (χ0) is 18.8. The van der Waals surface area contributed by atoms with Crippen molar-refractivity contribution in [1.82, 2.24) is 14.5 Å². The molecule has 0 aliphatic carbocycles. The van der Waals surface area contributed by atoms with Gasteiger partial charge in [0.05, 0.1) is 11.3 Å². The Labute approximate surface area is 165 Å². The maximum atomic E-state index is 9.70. The zero-order valence-electron chi connectivity index (χ0n) is 14.9. The molecule has 6 heteroatoms. The number of hydrogen-bond donors (Lipinski definition) is 0. The van der Waals surface area contributed by atoms with Gasteiger partial charge in [-0.05, 0) is 31.6 Å². The Bertz CT molecular complexity index is 1140. The van der Waals surface area contributed by atoms with Crippen molar-refractivity contribution in [3.63, 3.8) is 0 Å². The first-order valence-corrected chi connectivity index (χ1v) is 10.1. The molecule has 0 fully saturated rings. The topological polar surface area (TPSA) is 54.5 Å². The number of rotatable bonds is 4. The summed E-state index contributed by atoms with van der Waals surface area (Å²) in [5.41, 5.74) is 5.69. The van der Waals surface area contributed by atoms with E-state index in [4.69, 9.17) is 0 Å². The molecule has 0 aliphatic heterocycles. The van der Waals surface area contributed by atoms with Crippen LogP contribution in [-0.2, 0) is 0 Å². The van der Waals surface area contributed by atoms with E-state index in [1.165, 1.54) is 11.3 Å². The molecule has 0 unspecified atom stereocenters. The van der Waals surface area contributed by atoms with Gasteiger partial charge in [0.1, 0.15) is 11.1 Å². The lowest BCUT2D eigenvalue weighted by Gasteiger charge is -2.04. The third kappa shape index (κ3) is 3.35. The van der Waals surface area contributed by atoms with Crippen LogP contribution >= 0.6 is 22.7 Å². The summed E-state index contributed by atoms with van der Waals surface area (Å²) < 4.78 is 2.11. The van der Waals surface area contributed by atoms with Gasteiger partial charge in [0, 0.05) is 33.9 Å². The highest BCUT2D eigenvalue weighted by Gasteiger charge is 2.14. The van der Waals surface area contributed by atoms with Gasteiger partial charge < -0.3 is 0 Å². The number of allylic oxidation sites excluding steroid dienone is 1. The highest BCUT2D eigenvalue weighted by molar-refractivity contribution is 7.12. The van der Waals surface area contributed by atoms with Crippen molar-refractivity contribution >= 4 is 34.3 Å². The van der Waals surface area contributed by atoms with E-state index in [1.807, 2.05) is 54.1 Å². The van der Waals surface area contributed by atoms with Gasteiger partial charge in [-0.15, -0.1) is 22.7 Å². The molecular weight excluding hydrogens is 372 g/mol. The molecule has 0 aliphatic rings. The molecule has 0 saturated carbocycles. The summed E-state index contributed by atoms with van der Waals surface area (Å²) in [6.07, 6.45) is 3.72. The van der Waals surface area contributed by atoms with Crippen LogP contribution in [0, 0.1) is 25.2 Å². The number of aromatic nitrogens is 3. The minimum atomic E-state index is 0.571. The lowest BCUT2D eigenvalue weighted by Crippen LogP contribution is -1.97. The number of thiazole rings is 2. The first-order valence-electron chi connectivity index (χ1n) is 8.39. The number of nitriles is 1. The van der Waals surface area contributed by atoms with Crippen LogP contribution in [0.3, 0.4) is 0 Å². The highest BCUT2D eigenvalue weighted by Crippen LogP contribution is 2.29. The van der Waals surface area contributed by atoms with Gasteiger partial charge in [0.15, 0.2) is 5.13 Å². The van der Waals surface area contributed by atoms with Gasteiger partial charge >= 0.3 is 0 Å². The maximum Gasteiger partial charge on any atom is 0.193 e. The summed E-state index contributed by atoms with van der Waals surface area (Å²) in [6, 6.07) is 14.4. The number of nitrogens with zero attached hydrogens (tertiary/aromatic N) is 4. The Balaban J connectivity index is 1.72. The SMILES string of the molecule is Cc1cc(/C=C(\C#N)c2nc(-c3ccccc3)cs2)c(C)n1-c1nccs1. The summed E-state index contributed by atoms with van der Waals surface area (Å²) >= 11 is 3.09. The number of hydrogen-bond acceptors (Lipinski definition) is 5. The van der Waals surface area contributed by atoms with Gasteiger partial charge in [-0.1, -0.05) is 30.3 Å². The predicted molar refractivity (Wildman–Crippen MR) is 112 cm³/mol. The lowest BCUT2D eigenvalue weighted by molar-refractivity contribution is 0.949. The van der Waals surface area contributed by atoms with E-state index in [2.05, 4.69) is 33.6 Å². The van der Waals surface area contributed by atoms with Crippen molar-refractivity contribution in [2.24, 2.45) is 0 Å². The molecule has 132 valence electrons. The van der Waals surface area contributed by atoms with E-state index in [9.17, 15) is 5.26 Å². The quantitative estimate of drug-likeness (QED) is 0.419. The zero-order valence-corrected chi connectivity index (χ0v) is 16.5. The maximum absolute atomic E-state index is 9.70. The lowest BCUT2D eigenvalue weighted by atomic mass is 10.1. The van der Waals surface area contributed by atoms with Gasteiger partial charge in [0.25, 0.3) is 0 Å². The summed E-state index contributed by atoms with van der Waals surface area (Å²) in [5.74, 6) is 0. The fourth-order valence-corrected chi connectivity index (χ4v) is 4.54. The van der Waals surface area contributed by atoms with E-state index in [0.717, 1.165) is 38.3 Å². The van der Waals surface area contributed by atoms with Crippen LogP contribution in [0.4, 0.5) is 0 Å². The first kappa shape index (κ1) is 17.4. The van der Waals surface area contributed by atoms with Crippen LogP contribution in [0.1, 0.15) is 22.0 Å². The van der Waals surface area contributed by atoms with E-state index in [-0.39, 0.29) is 0 Å². The number of aryl methyl sites for hydroxylation is 1. The van der Waals surface area contributed by atoms with Crippen molar-refractivity contribution in [2.75, 3.05) is 0 Å². The molecule has 0 N–H and O–H groups in total. The minimum absolute atomic E-state index is 0.571. The average molecular weight is 389 g/mol. The molecule has 0 atom stereocenters. The molecule has 0 amide bonds. The third-order valence-electron chi connectivity index (χ3n) is 4.31. The Morgan fingerprint density at radius 3 is 2.70 bits per heavy atom. The van der Waals surface area contributed by atoms with Gasteiger partial charge in [-0.25, -0.2) is 9.97 Å². The molecule has 3 aromatic heterocycles. The second-order valence-electron chi connectivity index (χ2n) is 6.05. The molecule has 0 spiro atoms. The molecule has 0 saturated heterocycles. The minimum Gasteiger partial charge on any atom is -0.294 e. The Morgan fingerprint density at radius 1 is 1.19 bits per heavy atom. The standard InChI is InChI=1S/C21H16N4S2/c1-14-10-17(15(2)25(14)21-23-8-9-26-21)11-18(12-22)20-24-19(13-27-20)16-6-4-3-5-7-16/h3-11,13H,1-2H3/b18-11+. The fraction of sp³-hybridized carbons (Fsp3) is 0.0952. The summed E-state index contributed by atoms with van der Waals surface area (Å²) in [7, 11) is 0. The van der Waals surface area contributed by atoms with E-state index in [1.54, 1.807) is 17.5 Å². The van der Waals surface area contributed by atoms with Crippen LogP contribution in [0.2, 0.25) is 0 Å². The van der Waals surface area contributed by atoms with Gasteiger partial charge in [0.2, 0.25) is 0 Å². The molecule has 4 nitrogen and oxygen atoms in total. The van der Waals surface area contributed by atoms with Crippen LogP contribution in [0.25, 0.3) is 28.0 Å². The summed E-state index contributed by atoms with van der Waals surface area (Å²) in [6.45, 7) is 4.10. The van der Waals surface area contributed by atoms with E-state index >= 15 is 0 Å². The smallest absolute Gasteiger partial charge is 0.193 e. The van der Waals surface area contributed by atoms with Crippen molar-refractivity contribution in [1.29, 1.82) is 5.26 Å². The van der Waals surface area contributed by atoms with Crippen molar-refractivity contribution in [2.45, 2.75) is 13.8 Å². The van der Waals surface area contributed by atoms with Crippen LogP contribution in [0.15, 0.2) is 53.4 Å². The van der Waals surface area contributed by atoms with Crippen molar-refractivity contribution < 1.29 is 0 Å². The Hall–Kier alpha value is -3.01. The normalized spacial score (nSPS) is 11.5. The summed E-state index contributed by atoms with van der Waals surface area (Å²) in [5, 5.41) is 15.3. The monoisotopic (exact) mass is 388 g/mol.